The number of nitrogens with one attached hydrogen (secondary N) is 3. The zero-order valence-electron chi connectivity index (χ0n) is 34.0. The molecule has 21 heteroatoms. The molecule has 21 nitrogen and oxygen atoms in total. The first-order chi connectivity index (χ1) is 28.8. The standard InChI is InChI=1S/C39H50N16O5/c1-5-45-31(30(41)23(4)40)37(59)50-38-47-26-18-24(33(42)56)20-29(60-16-15-52-13-9-44-10-14-52)32(26)53(38)11-7-8-12-54-35-27(19-25(21-46-35)34(43)57)48-39(54)49-36(58)28-17-22(3)51-55(28)6-2/h7-8,17-21,44H,5-6,9-16,40-41H2,1-4H3,(H2,42,56)(H2,43,57)(H,47,50,59)(H,48,49,58)/b8-7+,30-23+,45-31?. The summed E-state index contributed by atoms with van der Waals surface area (Å²) < 4.78 is 11.3. The molecule has 1 aliphatic heterocycles. The molecule has 6 rings (SSSR count). The van der Waals surface area contributed by atoms with Gasteiger partial charge in [0.05, 0.1) is 22.5 Å². The van der Waals surface area contributed by atoms with Gasteiger partial charge in [0.2, 0.25) is 23.7 Å². The van der Waals surface area contributed by atoms with Gasteiger partial charge in [0.15, 0.2) is 5.65 Å². The number of hydrogen-bond acceptors (Lipinski definition) is 14. The van der Waals surface area contributed by atoms with Crippen LogP contribution >= 0.6 is 0 Å². The molecular weight excluding hydrogens is 773 g/mol. The lowest BCUT2D eigenvalue weighted by Gasteiger charge is -2.27. The number of fused-ring (bicyclic) bond motifs is 2. The Morgan fingerprint density at radius 1 is 0.900 bits per heavy atom. The van der Waals surface area contributed by atoms with Gasteiger partial charge in [-0.1, -0.05) is 12.2 Å². The van der Waals surface area contributed by atoms with E-state index in [0.717, 1.165) is 26.2 Å². The number of carbonyl (C=O) groups excluding carboxylic acids is 4. The van der Waals surface area contributed by atoms with Crippen LogP contribution in [0.15, 0.2) is 59.0 Å². The predicted molar refractivity (Wildman–Crippen MR) is 227 cm³/mol. The molecule has 316 valence electrons. The van der Waals surface area contributed by atoms with E-state index in [4.69, 9.17) is 32.7 Å². The lowest BCUT2D eigenvalue weighted by atomic mass is 10.1. The van der Waals surface area contributed by atoms with Gasteiger partial charge in [-0.3, -0.25) is 49.0 Å². The van der Waals surface area contributed by atoms with Crippen molar-refractivity contribution in [3.63, 3.8) is 0 Å². The summed E-state index contributed by atoms with van der Waals surface area (Å²) in [5, 5.41) is 13.4. The topological polar surface area (TPSA) is 300 Å². The highest BCUT2D eigenvalue weighted by molar-refractivity contribution is 6.48. The molecular formula is C39H50N16O5. The summed E-state index contributed by atoms with van der Waals surface area (Å²) in [6, 6.07) is 6.26. The number of amides is 4. The zero-order valence-corrected chi connectivity index (χ0v) is 34.0. The normalized spacial score (nSPS) is 14.2. The average molecular weight is 823 g/mol. The number of hydrogen-bond donors (Lipinski definition) is 7. The number of anilines is 2. The van der Waals surface area contributed by atoms with Gasteiger partial charge in [-0.15, -0.1) is 0 Å². The molecule has 1 saturated heterocycles. The highest BCUT2D eigenvalue weighted by Gasteiger charge is 2.24. The number of imidazole rings is 2. The molecule has 0 radical (unpaired) electrons. The summed E-state index contributed by atoms with van der Waals surface area (Å²) in [6.07, 6.45) is 4.96. The number of ether oxygens (including phenoxy) is 1. The third-order valence-corrected chi connectivity index (χ3v) is 9.67. The minimum absolute atomic E-state index is 0.0196. The van der Waals surface area contributed by atoms with E-state index in [1.54, 1.807) is 46.7 Å². The number of aromatic nitrogens is 7. The van der Waals surface area contributed by atoms with Gasteiger partial charge in [-0.2, -0.15) is 5.10 Å². The fraction of sp³-hybridized carbons (Fsp3) is 0.359. The highest BCUT2D eigenvalue weighted by atomic mass is 16.5. The quantitative estimate of drug-likeness (QED) is 0.0506. The Balaban J connectivity index is 1.38. The summed E-state index contributed by atoms with van der Waals surface area (Å²) in [6.45, 7) is 12.4. The Morgan fingerprint density at radius 3 is 2.23 bits per heavy atom. The molecule has 1 aromatic carbocycles. The molecule has 4 amide bonds. The molecule has 1 aliphatic rings. The number of pyridine rings is 1. The van der Waals surface area contributed by atoms with E-state index in [0.29, 0.717) is 59.0 Å². The lowest BCUT2D eigenvalue weighted by Crippen LogP contribution is -2.44. The van der Waals surface area contributed by atoms with Crippen LogP contribution in [0.4, 0.5) is 11.9 Å². The van der Waals surface area contributed by atoms with Crippen molar-refractivity contribution in [2.24, 2.45) is 27.9 Å². The van der Waals surface area contributed by atoms with E-state index < -0.39 is 23.6 Å². The van der Waals surface area contributed by atoms with Crippen molar-refractivity contribution in [3.05, 3.63) is 76.5 Å². The van der Waals surface area contributed by atoms with E-state index in [-0.39, 0.29) is 59.8 Å². The van der Waals surface area contributed by atoms with Gasteiger partial charge in [-0.05, 0) is 52.0 Å². The van der Waals surface area contributed by atoms with Crippen LogP contribution in [0.1, 0.15) is 57.7 Å². The Hall–Kier alpha value is -7.13. The molecule has 4 aromatic heterocycles. The Bertz CT molecular complexity index is 2540. The Morgan fingerprint density at radius 2 is 1.57 bits per heavy atom. The number of carbonyl (C=O) groups is 4. The Kier molecular flexibility index (Phi) is 13.2. The number of allylic oxidation sites excluding steroid dienone is 3. The molecule has 60 heavy (non-hydrogen) atoms. The number of primary amides is 2. The second-order valence-electron chi connectivity index (χ2n) is 14.0. The smallest absolute Gasteiger partial charge is 0.278 e. The van der Waals surface area contributed by atoms with Crippen LogP contribution in [-0.2, 0) is 24.4 Å². The first-order valence-electron chi connectivity index (χ1n) is 19.4. The van der Waals surface area contributed by atoms with Gasteiger partial charge in [0.25, 0.3) is 11.8 Å². The highest BCUT2D eigenvalue weighted by Crippen LogP contribution is 2.31. The first kappa shape index (κ1) is 42.5. The van der Waals surface area contributed by atoms with E-state index >= 15 is 0 Å². The number of benzene rings is 1. The summed E-state index contributed by atoms with van der Waals surface area (Å²) in [5.41, 5.74) is 26.4. The van der Waals surface area contributed by atoms with E-state index in [1.165, 1.54) is 18.3 Å². The van der Waals surface area contributed by atoms with E-state index in [1.807, 2.05) is 19.1 Å². The number of rotatable bonds is 17. The molecule has 0 unspecified atom stereocenters. The minimum atomic E-state index is -0.682. The van der Waals surface area contributed by atoms with Crippen molar-refractivity contribution < 1.29 is 23.9 Å². The first-order valence-corrected chi connectivity index (χ1v) is 19.4. The Labute approximate surface area is 344 Å². The van der Waals surface area contributed by atoms with Crippen molar-refractivity contribution in [2.45, 2.75) is 47.3 Å². The van der Waals surface area contributed by atoms with E-state index in [2.05, 4.69) is 40.9 Å². The van der Waals surface area contributed by atoms with Crippen molar-refractivity contribution >= 4 is 63.4 Å². The van der Waals surface area contributed by atoms with Crippen molar-refractivity contribution in [1.82, 2.24) is 44.1 Å². The molecule has 11 N–H and O–H groups in total. The molecule has 0 saturated carbocycles. The third-order valence-electron chi connectivity index (χ3n) is 9.67. The van der Waals surface area contributed by atoms with Crippen LogP contribution in [0.25, 0.3) is 22.2 Å². The predicted octanol–water partition coefficient (Wildman–Crippen LogP) is 0.845. The van der Waals surface area contributed by atoms with Gasteiger partial charge in [0, 0.05) is 76.4 Å². The number of aliphatic imine (C=N–C) groups is 1. The number of nitrogens with zero attached hydrogens (tertiary/aromatic N) is 9. The van der Waals surface area contributed by atoms with E-state index in [9.17, 15) is 19.2 Å². The van der Waals surface area contributed by atoms with Gasteiger partial charge >= 0.3 is 0 Å². The second-order valence-corrected chi connectivity index (χ2v) is 14.0. The molecule has 0 atom stereocenters. The summed E-state index contributed by atoms with van der Waals surface area (Å²) in [7, 11) is 0. The van der Waals surface area contributed by atoms with Crippen molar-refractivity contribution in [2.75, 3.05) is 56.5 Å². The van der Waals surface area contributed by atoms with Crippen molar-refractivity contribution in [1.29, 1.82) is 0 Å². The molecule has 0 spiro atoms. The monoisotopic (exact) mass is 822 g/mol. The van der Waals surface area contributed by atoms with Crippen LogP contribution in [0.2, 0.25) is 0 Å². The van der Waals surface area contributed by atoms with Crippen LogP contribution in [-0.4, -0.2) is 114 Å². The van der Waals surface area contributed by atoms with Gasteiger partial charge in [-0.25, -0.2) is 15.0 Å². The second kappa shape index (κ2) is 18.6. The van der Waals surface area contributed by atoms with Crippen LogP contribution < -0.4 is 43.6 Å². The number of piperazine rings is 1. The SMILES string of the molecule is CCN=C(C(=O)Nc1nc2cc(C(N)=O)cc(OCCN3CCNCC3)c2n1C/C=C/Cn1c(NC(=O)c2cc(C)nn2CC)nc2cc(C(N)=O)cnc21)/C(N)=C(/C)N. The zero-order chi connectivity index (χ0) is 43.1. The molecule has 5 aromatic rings. The van der Waals surface area contributed by atoms with Gasteiger partial charge in [0.1, 0.15) is 34.8 Å². The fourth-order valence-electron chi connectivity index (χ4n) is 6.67. The largest absolute Gasteiger partial charge is 0.490 e. The maximum Gasteiger partial charge on any atom is 0.278 e. The van der Waals surface area contributed by atoms with Crippen molar-refractivity contribution in [3.8, 4) is 5.75 Å². The molecule has 0 aliphatic carbocycles. The molecule has 0 bridgehead atoms. The van der Waals surface area contributed by atoms with Gasteiger partial charge < -0.3 is 37.6 Å². The lowest BCUT2D eigenvalue weighted by molar-refractivity contribution is -0.110. The maximum absolute atomic E-state index is 13.7. The average Bonchev–Trinajstić information content (AvgIpc) is 3.89. The summed E-state index contributed by atoms with van der Waals surface area (Å²) >= 11 is 0. The summed E-state index contributed by atoms with van der Waals surface area (Å²) in [5.74, 6) is -1.85. The molecule has 1 fully saturated rings. The van der Waals surface area contributed by atoms with Crippen LogP contribution in [0.3, 0.4) is 0 Å². The minimum Gasteiger partial charge on any atom is -0.490 e. The number of aryl methyl sites for hydroxylation is 2. The molecule has 5 heterocycles. The van der Waals surface area contributed by atoms with Crippen LogP contribution in [0, 0.1) is 6.92 Å². The maximum atomic E-state index is 13.7. The number of nitrogens with two attached hydrogens (primary N) is 4. The summed E-state index contributed by atoms with van der Waals surface area (Å²) in [4.78, 5) is 72.1. The fourth-order valence-corrected chi connectivity index (χ4v) is 6.67. The van der Waals surface area contributed by atoms with Crippen LogP contribution in [0.5, 0.6) is 5.75 Å². The third kappa shape index (κ3) is 9.42.